The van der Waals surface area contributed by atoms with Crippen molar-refractivity contribution in [2.24, 2.45) is 0 Å². The average molecular weight is 483 g/mol. The van der Waals surface area contributed by atoms with E-state index in [1.165, 1.54) is 30.3 Å². The monoisotopic (exact) mass is 482 g/mol. The number of hydrogen-bond acceptors (Lipinski definition) is 3. The number of halogens is 3. The van der Waals surface area contributed by atoms with E-state index < -0.39 is 23.6 Å². The van der Waals surface area contributed by atoms with Gasteiger partial charge in [-0.3, -0.25) is 9.59 Å². The lowest BCUT2D eigenvalue weighted by atomic mass is 9.95. The van der Waals surface area contributed by atoms with Crippen molar-refractivity contribution in [1.29, 1.82) is 0 Å². The molecule has 0 atom stereocenters. The van der Waals surface area contributed by atoms with E-state index in [-0.39, 0.29) is 28.8 Å². The van der Waals surface area contributed by atoms with Gasteiger partial charge in [-0.15, -0.1) is 0 Å². The van der Waals surface area contributed by atoms with E-state index in [0.717, 1.165) is 44.2 Å². The van der Waals surface area contributed by atoms with Crippen molar-refractivity contribution in [3.63, 3.8) is 0 Å². The molecule has 1 aliphatic carbocycles. The highest BCUT2D eigenvalue weighted by Crippen LogP contribution is 2.33. The first-order valence-corrected chi connectivity index (χ1v) is 11.5. The maximum Gasteiger partial charge on any atom is 0.416 e. The lowest BCUT2D eigenvalue weighted by Crippen LogP contribution is -2.41. The Labute approximate surface area is 201 Å². The van der Waals surface area contributed by atoms with Gasteiger partial charge in [0.2, 0.25) is 0 Å². The highest BCUT2D eigenvalue weighted by atomic mass is 19.4. The van der Waals surface area contributed by atoms with Crippen LogP contribution in [-0.2, 0) is 11.0 Å². The smallest absolute Gasteiger partial charge is 0.416 e. The first-order valence-electron chi connectivity index (χ1n) is 11.5. The first kappa shape index (κ1) is 24.3. The maximum atomic E-state index is 13.1. The van der Waals surface area contributed by atoms with E-state index in [1.54, 1.807) is 30.3 Å². The Morgan fingerprint density at radius 2 is 1.66 bits per heavy atom. The molecule has 0 bridgehead atoms. The van der Waals surface area contributed by atoms with Crippen molar-refractivity contribution in [3.8, 4) is 11.3 Å². The van der Waals surface area contributed by atoms with Gasteiger partial charge in [-0.05, 0) is 49.2 Å². The fraction of sp³-hybridized carbons (Fsp3) is 0.259. The number of rotatable bonds is 6. The minimum atomic E-state index is -4.47. The Kier molecular flexibility index (Phi) is 7.39. The molecule has 1 heterocycles. The van der Waals surface area contributed by atoms with E-state index in [2.05, 4.69) is 10.6 Å². The molecule has 0 spiro atoms. The summed E-state index contributed by atoms with van der Waals surface area (Å²) in [5, 5.41) is 5.62. The molecular weight excluding hydrogens is 457 g/mol. The van der Waals surface area contributed by atoms with Gasteiger partial charge < -0.3 is 15.1 Å². The molecule has 0 aliphatic heterocycles. The van der Waals surface area contributed by atoms with Crippen LogP contribution in [0.25, 0.3) is 17.4 Å². The fourth-order valence-corrected chi connectivity index (χ4v) is 4.03. The molecule has 1 aromatic heterocycles. The van der Waals surface area contributed by atoms with Crippen molar-refractivity contribution in [2.75, 3.05) is 0 Å². The fourth-order valence-electron chi connectivity index (χ4n) is 4.03. The second-order valence-electron chi connectivity index (χ2n) is 8.47. The molecule has 1 aliphatic rings. The lowest BCUT2D eigenvalue weighted by molar-refractivity contribution is -0.137. The Bertz CT molecular complexity index is 1210. The summed E-state index contributed by atoms with van der Waals surface area (Å²) in [6, 6.07) is 16.4. The van der Waals surface area contributed by atoms with E-state index in [4.69, 9.17) is 4.42 Å². The molecule has 182 valence electrons. The largest absolute Gasteiger partial charge is 0.457 e. The molecule has 3 aromatic rings. The van der Waals surface area contributed by atoms with Gasteiger partial charge in [-0.2, -0.15) is 13.2 Å². The van der Waals surface area contributed by atoms with Crippen LogP contribution >= 0.6 is 0 Å². The van der Waals surface area contributed by atoms with Crippen LogP contribution in [0.3, 0.4) is 0 Å². The summed E-state index contributed by atoms with van der Waals surface area (Å²) in [6.45, 7) is 0. The van der Waals surface area contributed by atoms with Crippen molar-refractivity contribution >= 4 is 17.9 Å². The van der Waals surface area contributed by atoms with Gasteiger partial charge in [0, 0.05) is 23.2 Å². The van der Waals surface area contributed by atoms with Crippen molar-refractivity contribution < 1.29 is 27.2 Å². The Hall–Kier alpha value is -3.81. The standard InChI is InChI=1S/C27H25F3N2O3/c28-27(29,30)20-11-7-10-19(16-20)24-15-14-22(35-24)17-23(26(34)31-21-12-5-2-6-13-21)32-25(33)18-8-3-1-4-9-18/h1,3-4,7-11,14-17,21H,2,5-6,12-13H2,(H,31,34)(H,32,33)/b23-17+. The van der Waals surface area contributed by atoms with Crippen LogP contribution in [0, 0.1) is 0 Å². The normalized spacial score (nSPS) is 15.0. The molecule has 5 nitrogen and oxygen atoms in total. The van der Waals surface area contributed by atoms with Crippen LogP contribution in [-0.4, -0.2) is 17.9 Å². The SMILES string of the molecule is O=C(NC1CCCCC1)/C(=C\c1ccc(-c2cccc(C(F)(F)F)c2)o1)NC(=O)c1ccccc1. The summed E-state index contributed by atoms with van der Waals surface area (Å²) in [5.74, 6) is -0.471. The molecular formula is C27H25F3N2O3. The van der Waals surface area contributed by atoms with Crippen LogP contribution in [0.15, 0.2) is 76.8 Å². The third-order valence-electron chi connectivity index (χ3n) is 5.86. The van der Waals surface area contributed by atoms with Crippen LogP contribution in [0.5, 0.6) is 0 Å². The molecule has 8 heteroatoms. The zero-order chi connectivity index (χ0) is 24.8. The second kappa shape index (κ2) is 10.6. The zero-order valence-corrected chi connectivity index (χ0v) is 18.9. The third-order valence-corrected chi connectivity index (χ3v) is 5.86. The molecule has 0 saturated heterocycles. The topological polar surface area (TPSA) is 71.3 Å². The van der Waals surface area contributed by atoms with Gasteiger partial charge in [-0.1, -0.05) is 49.6 Å². The number of nitrogens with one attached hydrogen (secondary N) is 2. The number of carbonyl (C=O) groups excluding carboxylic acids is 2. The number of alkyl halides is 3. The Balaban J connectivity index is 1.59. The quantitative estimate of drug-likeness (QED) is 0.412. The van der Waals surface area contributed by atoms with Crippen molar-refractivity contribution in [2.45, 2.75) is 44.3 Å². The zero-order valence-electron chi connectivity index (χ0n) is 18.9. The number of amides is 2. The molecule has 35 heavy (non-hydrogen) atoms. The predicted molar refractivity (Wildman–Crippen MR) is 126 cm³/mol. The molecule has 0 unspecified atom stereocenters. The first-order chi connectivity index (χ1) is 16.8. The predicted octanol–water partition coefficient (Wildman–Crippen LogP) is 6.19. The van der Waals surface area contributed by atoms with Gasteiger partial charge in [0.15, 0.2) is 0 Å². The Morgan fingerprint density at radius 1 is 0.914 bits per heavy atom. The van der Waals surface area contributed by atoms with Gasteiger partial charge in [0.05, 0.1) is 5.56 Å². The van der Waals surface area contributed by atoms with E-state index in [9.17, 15) is 22.8 Å². The summed E-state index contributed by atoms with van der Waals surface area (Å²) >= 11 is 0. The van der Waals surface area contributed by atoms with Crippen LogP contribution in [0.2, 0.25) is 0 Å². The van der Waals surface area contributed by atoms with E-state index in [0.29, 0.717) is 5.56 Å². The van der Waals surface area contributed by atoms with Crippen molar-refractivity contribution in [1.82, 2.24) is 10.6 Å². The number of hydrogen-bond donors (Lipinski definition) is 2. The summed E-state index contributed by atoms with van der Waals surface area (Å²) in [4.78, 5) is 25.8. The second-order valence-corrected chi connectivity index (χ2v) is 8.47. The Morgan fingerprint density at radius 3 is 2.37 bits per heavy atom. The molecule has 2 N–H and O–H groups in total. The molecule has 1 saturated carbocycles. The molecule has 0 radical (unpaired) electrons. The minimum Gasteiger partial charge on any atom is -0.457 e. The van der Waals surface area contributed by atoms with E-state index in [1.807, 2.05) is 0 Å². The average Bonchev–Trinajstić information content (AvgIpc) is 3.33. The van der Waals surface area contributed by atoms with Gasteiger partial charge in [0.1, 0.15) is 17.2 Å². The highest BCUT2D eigenvalue weighted by molar-refractivity contribution is 6.05. The molecule has 1 fully saturated rings. The highest BCUT2D eigenvalue weighted by Gasteiger charge is 2.30. The maximum absolute atomic E-state index is 13.1. The summed E-state index contributed by atoms with van der Waals surface area (Å²) in [5.41, 5.74) is -0.158. The van der Waals surface area contributed by atoms with Crippen LogP contribution in [0.4, 0.5) is 13.2 Å². The van der Waals surface area contributed by atoms with Gasteiger partial charge in [0.25, 0.3) is 11.8 Å². The van der Waals surface area contributed by atoms with E-state index >= 15 is 0 Å². The minimum absolute atomic E-state index is 0.00521. The number of carbonyl (C=O) groups is 2. The third kappa shape index (κ3) is 6.41. The van der Waals surface area contributed by atoms with Gasteiger partial charge >= 0.3 is 6.18 Å². The van der Waals surface area contributed by atoms with Gasteiger partial charge in [-0.25, -0.2) is 0 Å². The summed E-state index contributed by atoms with van der Waals surface area (Å²) in [7, 11) is 0. The van der Waals surface area contributed by atoms with Crippen LogP contribution < -0.4 is 10.6 Å². The van der Waals surface area contributed by atoms with Crippen molar-refractivity contribution in [3.05, 3.63) is 89.3 Å². The summed E-state index contributed by atoms with van der Waals surface area (Å²) in [6.07, 6.45) is 1.83. The molecule has 2 aromatic carbocycles. The lowest BCUT2D eigenvalue weighted by Gasteiger charge is -2.23. The van der Waals surface area contributed by atoms with Crippen LogP contribution in [0.1, 0.15) is 53.8 Å². The summed E-state index contributed by atoms with van der Waals surface area (Å²) < 4.78 is 45.0. The molecule has 4 rings (SSSR count). The molecule has 2 amide bonds. The number of furan rings is 1. The number of benzene rings is 2.